The van der Waals surface area contributed by atoms with E-state index >= 15 is 0 Å². The highest BCUT2D eigenvalue weighted by atomic mass is 19.1. The molecule has 1 aromatic heterocycles. The summed E-state index contributed by atoms with van der Waals surface area (Å²) >= 11 is 0. The third-order valence-corrected chi connectivity index (χ3v) is 7.25. The number of amides is 3. The highest BCUT2D eigenvalue weighted by Crippen LogP contribution is 2.38. The number of benzene rings is 2. The molecule has 8 heteroatoms. The average Bonchev–Trinajstić information content (AvgIpc) is 2.92. The fourth-order valence-corrected chi connectivity index (χ4v) is 5.42. The van der Waals surface area contributed by atoms with Gasteiger partial charge in [0.05, 0.1) is 18.7 Å². The minimum atomic E-state index is -0.353. The summed E-state index contributed by atoms with van der Waals surface area (Å²) in [5.74, 6) is -0.674. The predicted molar refractivity (Wildman–Crippen MR) is 142 cm³/mol. The first kappa shape index (κ1) is 24.9. The topological polar surface area (TPSA) is 74.8 Å². The molecule has 7 nitrogen and oxygen atoms in total. The summed E-state index contributed by atoms with van der Waals surface area (Å²) in [4.78, 5) is 33.8. The molecule has 1 fully saturated rings. The van der Waals surface area contributed by atoms with Gasteiger partial charge in [0.15, 0.2) is 0 Å². The van der Waals surface area contributed by atoms with E-state index in [0.717, 1.165) is 34.1 Å². The number of nitrogens with zero attached hydrogens (tertiary/aromatic N) is 3. The zero-order chi connectivity index (χ0) is 26.1. The fourth-order valence-electron chi connectivity index (χ4n) is 5.42. The number of nitrogens with one attached hydrogen (secondary N) is 1. The Labute approximate surface area is 215 Å². The van der Waals surface area contributed by atoms with Crippen LogP contribution in [0.2, 0.25) is 0 Å². The maximum absolute atomic E-state index is 15.0. The van der Waals surface area contributed by atoms with Crippen molar-refractivity contribution in [1.82, 2.24) is 20.1 Å². The van der Waals surface area contributed by atoms with Gasteiger partial charge < -0.3 is 19.9 Å². The molecule has 1 N–H and O–H groups in total. The summed E-state index contributed by atoms with van der Waals surface area (Å²) in [7, 11) is 1.55. The lowest BCUT2D eigenvalue weighted by atomic mass is 9.86. The predicted octanol–water partition coefficient (Wildman–Crippen LogP) is 4.56. The summed E-state index contributed by atoms with van der Waals surface area (Å²) in [5.41, 5.74) is 6.25. The van der Waals surface area contributed by atoms with Crippen LogP contribution < -0.4 is 5.32 Å². The molecule has 192 valence electrons. The molecule has 3 amide bonds. The maximum atomic E-state index is 15.0. The van der Waals surface area contributed by atoms with Crippen LogP contribution in [-0.2, 0) is 4.74 Å². The number of rotatable bonds is 3. The van der Waals surface area contributed by atoms with Crippen molar-refractivity contribution in [2.45, 2.75) is 20.3 Å². The highest BCUT2D eigenvalue weighted by Gasteiger charge is 2.26. The zero-order valence-corrected chi connectivity index (χ0v) is 21.4. The number of pyridine rings is 1. The third-order valence-electron chi connectivity index (χ3n) is 7.25. The van der Waals surface area contributed by atoms with Gasteiger partial charge in [-0.3, -0.25) is 4.79 Å². The number of aromatic nitrogens is 1. The van der Waals surface area contributed by atoms with E-state index in [-0.39, 0.29) is 23.4 Å². The molecule has 0 spiro atoms. The van der Waals surface area contributed by atoms with Crippen molar-refractivity contribution >= 4 is 28.4 Å². The Morgan fingerprint density at radius 1 is 1.03 bits per heavy atom. The molecular weight excluding hydrogens is 471 g/mol. The van der Waals surface area contributed by atoms with Gasteiger partial charge in [0.2, 0.25) is 0 Å². The van der Waals surface area contributed by atoms with Crippen LogP contribution in [0.1, 0.15) is 33.6 Å². The van der Waals surface area contributed by atoms with Crippen LogP contribution in [0.5, 0.6) is 0 Å². The van der Waals surface area contributed by atoms with Crippen LogP contribution in [0.15, 0.2) is 42.5 Å². The molecular formula is C29H31FN4O3. The van der Waals surface area contributed by atoms with E-state index in [2.05, 4.69) is 16.4 Å². The molecule has 3 aromatic rings. The zero-order valence-electron chi connectivity index (χ0n) is 21.4. The van der Waals surface area contributed by atoms with Crippen LogP contribution in [0.4, 0.5) is 9.18 Å². The standard InChI is InChI=1S/C29H31FN4O3/c1-18-16-24-27(22(17-25(32-24)28(35)31-3)21-6-4-5-7-23(21)30)19(2)26(18)20-8-10-33(11-9-20)29(36)34-12-14-37-15-13-34/h4-8,16-17H,9-15H2,1-3H3,(H,31,35). The van der Waals surface area contributed by atoms with Gasteiger partial charge in [-0.2, -0.15) is 0 Å². The molecule has 3 heterocycles. The Bertz CT molecular complexity index is 1410. The van der Waals surface area contributed by atoms with Crippen LogP contribution in [-0.4, -0.2) is 73.2 Å². The molecule has 1 saturated heterocycles. The van der Waals surface area contributed by atoms with Gasteiger partial charge in [-0.1, -0.05) is 24.3 Å². The molecule has 0 saturated carbocycles. The number of ether oxygens (including phenoxy) is 1. The molecule has 2 aromatic carbocycles. The normalized spacial score (nSPS) is 16.1. The van der Waals surface area contributed by atoms with Gasteiger partial charge in [0, 0.05) is 44.2 Å². The van der Waals surface area contributed by atoms with Gasteiger partial charge in [-0.25, -0.2) is 14.2 Å². The van der Waals surface area contributed by atoms with E-state index in [0.29, 0.717) is 56.0 Å². The van der Waals surface area contributed by atoms with E-state index in [4.69, 9.17) is 4.74 Å². The van der Waals surface area contributed by atoms with Crippen molar-refractivity contribution in [2.24, 2.45) is 0 Å². The van der Waals surface area contributed by atoms with E-state index in [1.165, 1.54) is 6.07 Å². The number of aryl methyl sites for hydroxylation is 2. The van der Waals surface area contributed by atoms with Gasteiger partial charge in [0.25, 0.3) is 5.91 Å². The summed E-state index contributed by atoms with van der Waals surface area (Å²) in [5, 5.41) is 3.45. The minimum absolute atomic E-state index is 0.0540. The lowest BCUT2D eigenvalue weighted by molar-refractivity contribution is 0.0441. The monoisotopic (exact) mass is 502 g/mol. The second kappa shape index (κ2) is 10.3. The van der Waals surface area contributed by atoms with E-state index in [9.17, 15) is 14.0 Å². The summed E-state index contributed by atoms with van der Waals surface area (Å²) < 4.78 is 20.3. The molecule has 0 radical (unpaired) electrons. The van der Waals surface area contributed by atoms with Crippen LogP contribution in [0.25, 0.3) is 27.6 Å². The second-order valence-corrected chi connectivity index (χ2v) is 9.51. The molecule has 0 bridgehead atoms. The van der Waals surface area contributed by atoms with Crippen molar-refractivity contribution in [1.29, 1.82) is 0 Å². The lowest BCUT2D eigenvalue weighted by Crippen LogP contribution is -2.49. The number of hydrogen-bond donors (Lipinski definition) is 1. The molecule has 2 aliphatic rings. The fraction of sp³-hybridized carbons (Fsp3) is 0.345. The summed E-state index contributed by atoms with van der Waals surface area (Å²) in [6, 6.07) is 10.3. The first-order valence-corrected chi connectivity index (χ1v) is 12.6. The number of halogens is 1. The Balaban J connectivity index is 1.58. The minimum Gasteiger partial charge on any atom is -0.378 e. The van der Waals surface area contributed by atoms with Gasteiger partial charge >= 0.3 is 6.03 Å². The highest BCUT2D eigenvalue weighted by molar-refractivity contribution is 6.04. The van der Waals surface area contributed by atoms with E-state index in [1.807, 2.05) is 29.7 Å². The Kier molecular flexibility index (Phi) is 6.93. The SMILES string of the molecule is CNC(=O)c1cc(-c2ccccc2F)c2c(C)c(C3=CCN(C(=O)N4CCOCC4)CC3)c(C)cc2n1. The van der Waals surface area contributed by atoms with Crippen molar-refractivity contribution in [3.05, 3.63) is 70.7 Å². The molecule has 0 aliphatic carbocycles. The van der Waals surface area contributed by atoms with Gasteiger partial charge in [-0.05, 0) is 66.3 Å². The van der Waals surface area contributed by atoms with Crippen molar-refractivity contribution in [3.8, 4) is 11.1 Å². The molecule has 2 aliphatic heterocycles. The number of hydrogen-bond acceptors (Lipinski definition) is 4. The number of carbonyl (C=O) groups excluding carboxylic acids is 2. The van der Waals surface area contributed by atoms with E-state index in [1.54, 1.807) is 31.3 Å². The first-order valence-electron chi connectivity index (χ1n) is 12.6. The van der Waals surface area contributed by atoms with E-state index < -0.39 is 0 Å². The van der Waals surface area contributed by atoms with Crippen molar-refractivity contribution in [2.75, 3.05) is 46.4 Å². The quantitative estimate of drug-likeness (QED) is 0.570. The van der Waals surface area contributed by atoms with Gasteiger partial charge in [0.1, 0.15) is 11.5 Å². The number of morpholine rings is 1. The summed E-state index contributed by atoms with van der Waals surface area (Å²) in [6.07, 6.45) is 2.85. The lowest BCUT2D eigenvalue weighted by Gasteiger charge is -2.34. The maximum Gasteiger partial charge on any atom is 0.320 e. The Morgan fingerprint density at radius 2 is 1.78 bits per heavy atom. The Hall–Kier alpha value is -3.78. The smallest absolute Gasteiger partial charge is 0.320 e. The first-order chi connectivity index (χ1) is 17.9. The number of carbonyl (C=O) groups is 2. The Morgan fingerprint density at radius 3 is 2.46 bits per heavy atom. The largest absolute Gasteiger partial charge is 0.378 e. The van der Waals surface area contributed by atoms with Crippen molar-refractivity contribution in [3.63, 3.8) is 0 Å². The molecule has 0 unspecified atom stereocenters. The average molecular weight is 503 g/mol. The van der Waals surface area contributed by atoms with Crippen LogP contribution in [0, 0.1) is 19.7 Å². The second-order valence-electron chi connectivity index (χ2n) is 9.51. The van der Waals surface area contributed by atoms with Crippen molar-refractivity contribution < 1.29 is 18.7 Å². The molecule has 0 atom stereocenters. The number of fused-ring (bicyclic) bond motifs is 1. The third kappa shape index (κ3) is 4.69. The number of urea groups is 1. The van der Waals surface area contributed by atoms with Gasteiger partial charge in [-0.15, -0.1) is 0 Å². The van der Waals surface area contributed by atoms with Crippen LogP contribution >= 0.6 is 0 Å². The van der Waals surface area contributed by atoms with Crippen LogP contribution in [0.3, 0.4) is 0 Å². The molecule has 5 rings (SSSR count). The molecule has 37 heavy (non-hydrogen) atoms. The summed E-state index contributed by atoms with van der Waals surface area (Å²) in [6.45, 7) is 7.64.